The van der Waals surface area contributed by atoms with E-state index in [4.69, 9.17) is 5.26 Å². The standard InChI is InChI=1S/C15H21N3O2/c1-11(2)8-15(3,20)10-17-14(19)18-13-6-4-12(9-16)5-7-13/h4-7,11,20H,8,10H2,1-3H3,(H2,17,18,19). The van der Waals surface area contributed by atoms with Gasteiger partial charge in [0.25, 0.3) is 0 Å². The Kier molecular flexibility index (Phi) is 5.53. The number of carbonyl (C=O) groups is 1. The molecule has 1 atom stereocenters. The van der Waals surface area contributed by atoms with Gasteiger partial charge < -0.3 is 15.7 Å². The number of carbonyl (C=O) groups excluding carboxylic acids is 1. The molecular weight excluding hydrogens is 254 g/mol. The molecule has 1 aromatic rings. The van der Waals surface area contributed by atoms with E-state index in [-0.39, 0.29) is 12.6 Å². The minimum absolute atomic E-state index is 0.188. The monoisotopic (exact) mass is 275 g/mol. The number of rotatable bonds is 5. The summed E-state index contributed by atoms with van der Waals surface area (Å²) in [6.07, 6.45) is 0.615. The number of hydrogen-bond donors (Lipinski definition) is 3. The lowest BCUT2D eigenvalue weighted by molar-refractivity contribution is 0.0413. The Balaban J connectivity index is 2.45. The lowest BCUT2D eigenvalue weighted by Crippen LogP contribution is -2.43. The number of nitrogens with one attached hydrogen (secondary N) is 2. The fourth-order valence-corrected chi connectivity index (χ4v) is 2.03. The van der Waals surface area contributed by atoms with Crippen LogP contribution in [0, 0.1) is 17.2 Å². The molecule has 0 bridgehead atoms. The summed E-state index contributed by atoms with van der Waals surface area (Å²) in [4.78, 5) is 11.7. The second kappa shape index (κ2) is 6.92. The van der Waals surface area contributed by atoms with Crippen molar-refractivity contribution in [2.24, 2.45) is 5.92 Å². The van der Waals surface area contributed by atoms with Crippen LogP contribution in [0.25, 0.3) is 0 Å². The molecule has 0 aliphatic carbocycles. The van der Waals surface area contributed by atoms with Gasteiger partial charge in [-0.05, 0) is 43.5 Å². The molecule has 0 saturated heterocycles. The molecule has 5 heteroatoms. The Morgan fingerprint density at radius 2 is 2.00 bits per heavy atom. The summed E-state index contributed by atoms with van der Waals surface area (Å²) in [5.41, 5.74) is 0.219. The molecule has 108 valence electrons. The number of nitrogens with zero attached hydrogens (tertiary/aromatic N) is 1. The average molecular weight is 275 g/mol. The first-order valence-electron chi connectivity index (χ1n) is 6.60. The molecule has 0 aliphatic heterocycles. The summed E-state index contributed by atoms with van der Waals surface area (Å²) in [7, 11) is 0. The Hall–Kier alpha value is -2.06. The van der Waals surface area contributed by atoms with Gasteiger partial charge in [-0.25, -0.2) is 4.79 Å². The van der Waals surface area contributed by atoms with E-state index in [9.17, 15) is 9.90 Å². The van der Waals surface area contributed by atoms with Crippen molar-refractivity contribution in [3.05, 3.63) is 29.8 Å². The van der Waals surface area contributed by atoms with Gasteiger partial charge in [0.2, 0.25) is 0 Å². The summed E-state index contributed by atoms with van der Waals surface area (Å²) in [6, 6.07) is 8.21. The zero-order valence-electron chi connectivity index (χ0n) is 12.1. The minimum Gasteiger partial charge on any atom is -0.388 e. The van der Waals surface area contributed by atoms with Gasteiger partial charge in [-0.1, -0.05) is 13.8 Å². The maximum Gasteiger partial charge on any atom is 0.319 e. The highest BCUT2D eigenvalue weighted by atomic mass is 16.3. The van der Waals surface area contributed by atoms with Crippen LogP contribution in [0.1, 0.15) is 32.8 Å². The second-order valence-electron chi connectivity index (χ2n) is 5.59. The van der Waals surface area contributed by atoms with Crippen molar-refractivity contribution in [1.82, 2.24) is 5.32 Å². The van der Waals surface area contributed by atoms with E-state index >= 15 is 0 Å². The number of nitriles is 1. The third kappa shape index (κ3) is 5.72. The van der Waals surface area contributed by atoms with Gasteiger partial charge in [0.15, 0.2) is 0 Å². The Bertz CT molecular complexity index is 487. The van der Waals surface area contributed by atoms with Crippen molar-refractivity contribution in [2.45, 2.75) is 32.8 Å². The maximum atomic E-state index is 11.7. The fourth-order valence-electron chi connectivity index (χ4n) is 2.03. The third-order valence-corrected chi connectivity index (χ3v) is 2.75. The highest BCUT2D eigenvalue weighted by Crippen LogP contribution is 2.15. The molecule has 1 unspecified atom stereocenters. The van der Waals surface area contributed by atoms with E-state index in [1.807, 2.05) is 19.9 Å². The molecule has 1 rings (SSSR count). The van der Waals surface area contributed by atoms with Gasteiger partial charge in [-0.15, -0.1) is 0 Å². The summed E-state index contributed by atoms with van der Waals surface area (Å²) in [5, 5.41) is 24.1. The fraction of sp³-hybridized carbons (Fsp3) is 0.467. The molecule has 0 saturated carbocycles. The largest absolute Gasteiger partial charge is 0.388 e. The normalized spacial score (nSPS) is 13.4. The SMILES string of the molecule is CC(C)CC(C)(O)CNC(=O)Nc1ccc(C#N)cc1. The van der Waals surface area contributed by atoms with Crippen LogP contribution in [0.4, 0.5) is 10.5 Å². The van der Waals surface area contributed by atoms with Crippen LogP contribution in [0.2, 0.25) is 0 Å². The number of hydrogen-bond acceptors (Lipinski definition) is 3. The minimum atomic E-state index is -0.920. The van der Waals surface area contributed by atoms with Gasteiger partial charge >= 0.3 is 6.03 Å². The molecule has 0 aliphatic rings. The number of benzene rings is 1. The predicted octanol–water partition coefficient (Wildman–Crippen LogP) is 2.48. The van der Waals surface area contributed by atoms with Crippen LogP contribution < -0.4 is 10.6 Å². The van der Waals surface area contributed by atoms with E-state index in [0.29, 0.717) is 23.6 Å². The van der Waals surface area contributed by atoms with Crippen LogP contribution in [-0.2, 0) is 0 Å². The molecule has 2 amide bonds. The molecule has 20 heavy (non-hydrogen) atoms. The first-order valence-corrected chi connectivity index (χ1v) is 6.60. The predicted molar refractivity (Wildman–Crippen MR) is 78.3 cm³/mol. The van der Waals surface area contributed by atoms with E-state index in [0.717, 1.165) is 0 Å². The van der Waals surface area contributed by atoms with Crippen molar-refractivity contribution >= 4 is 11.7 Å². The number of urea groups is 1. The molecular formula is C15H21N3O2. The van der Waals surface area contributed by atoms with Crippen LogP contribution in [0.5, 0.6) is 0 Å². The van der Waals surface area contributed by atoms with Crippen molar-refractivity contribution in [3.63, 3.8) is 0 Å². The van der Waals surface area contributed by atoms with Crippen LogP contribution in [-0.4, -0.2) is 23.3 Å². The van der Waals surface area contributed by atoms with Crippen LogP contribution in [0.3, 0.4) is 0 Å². The number of aliphatic hydroxyl groups is 1. The quantitative estimate of drug-likeness (QED) is 0.771. The first kappa shape index (κ1) is 16.0. The van der Waals surface area contributed by atoms with E-state index < -0.39 is 5.60 Å². The summed E-state index contributed by atoms with van der Waals surface area (Å²) in [6.45, 7) is 5.93. The molecule has 1 aromatic carbocycles. The second-order valence-corrected chi connectivity index (χ2v) is 5.59. The lowest BCUT2D eigenvalue weighted by Gasteiger charge is -2.25. The molecule has 0 aromatic heterocycles. The highest BCUT2D eigenvalue weighted by molar-refractivity contribution is 5.89. The van der Waals surface area contributed by atoms with E-state index in [1.54, 1.807) is 31.2 Å². The lowest BCUT2D eigenvalue weighted by atomic mass is 9.94. The van der Waals surface area contributed by atoms with Gasteiger partial charge in [0, 0.05) is 12.2 Å². The third-order valence-electron chi connectivity index (χ3n) is 2.75. The summed E-state index contributed by atoms with van der Waals surface area (Å²) in [5.74, 6) is 0.355. The van der Waals surface area contributed by atoms with Crippen LogP contribution in [0.15, 0.2) is 24.3 Å². The Morgan fingerprint density at radius 1 is 1.40 bits per heavy atom. The first-order chi connectivity index (χ1) is 9.32. The molecule has 0 radical (unpaired) electrons. The summed E-state index contributed by atoms with van der Waals surface area (Å²) >= 11 is 0. The van der Waals surface area contributed by atoms with Gasteiger partial charge in [-0.2, -0.15) is 5.26 Å². The van der Waals surface area contributed by atoms with Crippen molar-refractivity contribution in [3.8, 4) is 6.07 Å². The van der Waals surface area contributed by atoms with E-state index in [2.05, 4.69) is 10.6 Å². The van der Waals surface area contributed by atoms with Crippen molar-refractivity contribution in [2.75, 3.05) is 11.9 Å². The summed E-state index contributed by atoms with van der Waals surface area (Å²) < 4.78 is 0. The number of anilines is 1. The zero-order chi connectivity index (χ0) is 15.2. The molecule has 5 nitrogen and oxygen atoms in total. The molecule has 0 spiro atoms. The number of amides is 2. The van der Waals surface area contributed by atoms with E-state index in [1.165, 1.54) is 0 Å². The van der Waals surface area contributed by atoms with Crippen LogP contribution >= 0.6 is 0 Å². The van der Waals surface area contributed by atoms with Gasteiger partial charge in [-0.3, -0.25) is 0 Å². The molecule has 0 heterocycles. The Labute approximate surface area is 119 Å². The van der Waals surface area contributed by atoms with Crippen molar-refractivity contribution < 1.29 is 9.90 Å². The molecule has 3 N–H and O–H groups in total. The van der Waals surface area contributed by atoms with Gasteiger partial charge in [0.05, 0.1) is 17.2 Å². The maximum absolute atomic E-state index is 11.7. The molecule has 0 fully saturated rings. The smallest absolute Gasteiger partial charge is 0.319 e. The topological polar surface area (TPSA) is 85.2 Å². The van der Waals surface area contributed by atoms with Gasteiger partial charge in [0.1, 0.15) is 0 Å². The zero-order valence-corrected chi connectivity index (χ0v) is 12.1. The highest BCUT2D eigenvalue weighted by Gasteiger charge is 2.22. The van der Waals surface area contributed by atoms with Crippen molar-refractivity contribution in [1.29, 1.82) is 5.26 Å². The average Bonchev–Trinajstić information content (AvgIpc) is 2.36. The Morgan fingerprint density at radius 3 is 2.50 bits per heavy atom.